The third-order valence-electron chi connectivity index (χ3n) is 3.48. The molecule has 1 heterocycles. The number of nitrogens with one attached hydrogen (secondary N) is 3. The summed E-state index contributed by atoms with van der Waals surface area (Å²) in [4.78, 5) is 15.2. The van der Waals surface area contributed by atoms with Gasteiger partial charge < -0.3 is 10.3 Å². The van der Waals surface area contributed by atoms with E-state index in [4.69, 9.17) is 12.2 Å². The van der Waals surface area contributed by atoms with Crippen LogP contribution in [0.4, 0.5) is 0 Å². The molecule has 2 aromatic carbocycles. The number of H-pyrrole nitrogens is 1. The van der Waals surface area contributed by atoms with Gasteiger partial charge in [-0.05, 0) is 36.0 Å². The van der Waals surface area contributed by atoms with Crippen molar-refractivity contribution in [3.05, 3.63) is 58.4 Å². The molecular formula is C17H16N4OS. The van der Waals surface area contributed by atoms with Crippen molar-refractivity contribution in [1.29, 1.82) is 0 Å². The van der Waals surface area contributed by atoms with E-state index in [1.807, 2.05) is 49.4 Å². The summed E-state index contributed by atoms with van der Waals surface area (Å²) in [5.74, 6) is 0. The van der Waals surface area contributed by atoms with E-state index in [0.717, 1.165) is 21.7 Å². The second-order valence-electron chi connectivity index (χ2n) is 5.03. The molecule has 0 spiro atoms. The average Bonchev–Trinajstić information content (AvgIpc) is 2.55. The quantitative estimate of drug-likeness (QED) is 0.300. The number of hydrazone groups is 1. The van der Waals surface area contributed by atoms with Crippen LogP contribution >= 0.6 is 12.2 Å². The van der Waals surface area contributed by atoms with Gasteiger partial charge in [0.05, 0.1) is 17.3 Å². The molecule has 0 bridgehead atoms. The van der Waals surface area contributed by atoms with E-state index in [1.165, 1.54) is 6.21 Å². The van der Waals surface area contributed by atoms with E-state index < -0.39 is 0 Å². The Morgan fingerprint density at radius 1 is 1.26 bits per heavy atom. The summed E-state index contributed by atoms with van der Waals surface area (Å²) in [6.07, 6.45) is 1.47. The Morgan fingerprint density at radius 2 is 2.04 bits per heavy atom. The smallest absolute Gasteiger partial charge is 0.257 e. The first-order valence-electron chi connectivity index (χ1n) is 7.30. The number of hydrogen-bond donors (Lipinski definition) is 3. The van der Waals surface area contributed by atoms with Crippen LogP contribution in [-0.2, 0) is 0 Å². The highest BCUT2D eigenvalue weighted by molar-refractivity contribution is 7.80. The molecule has 0 unspecified atom stereocenters. The first-order chi connectivity index (χ1) is 11.2. The summed E-state index contributed by atoms with van der Waals surface area (Å²) in [5.41, 5.74) is 3.79. The topological polar surface area (TPSA) is 69.3 Å². The SMILES string of the molecule is CCNC(=S)N/N=C/c1cc2ccc3ccccc3c2[nH]c1=O. The van der Waals surface area contributed by atoms with Gasteiger partial charge in [-0.25, -0.2) is 0 Å². The molecule has 3 rings (SSSR count). The van der Waals surface area contributed by atoms with Crippen molar-refractivity contribution in [2.75, 3.05) is 6.54 Å². The highest BCUT2D eigenvalue weighted by Gasteiger charge is 2.04. The van der Waals surface area contributed by atoms with Crippen molar-refractivity contribution in [2.45, 2.75) is 6.92 Å². The third kappa shape index (κ3) is 3.22. The van der Waals surface area contributed by atoms with E-state index >= 15 is 0 Å². The van der Waals surface area contributed by atoms with Crippen LogP contribution in [0, 0.1) is 0 Å². The fraction of sp³-hybridized carbons (Fsp3) is 0.118. The first-order valence-corrected chi connectivity index (χ1v) is 7.71. The van der Waals surface area contributed by atoms with Crippen LogP contribution in [0.3, 0.4) is 0 Å². The van der Waals surface area contributed by atoms with Gasteiger partial charge in [-0.2, -0.15) is 5.10 Å². The van der Waals surface area contributed by atoms with Gasteiger partial charge in [-0.1, -0.05) is 36.4 Å². The summed E-state index contributed by atoms with van der Waals surface area (Å²) in [6, 6.07) is 13.8. The monoisotopic (exact) mass is 324 g/mol. The molecule has 116 valence electrons. The zero-order chi connectivity index (χ0) is 16.2. The highest BCUT2D eigenvalue weighted by atomic mass is 32.1. The van der Waals surface area contributed by atoms with Gasteiger partial charge >= 0.3 is 0 Å². The van der Waals surface area contributed by atoms with Crippen LogP contribution in [0.2, 0.25) is 0 Å². The number of fused-ring (bicyclic) bond motifs is 3. The van der Waals surface area contributed by atoms with Crippen molar-refractivity contribution in [1.82, 2.24) is 15.7 Å². The summed E-state index contributed by atoms with van der Waals surface area (Å²) in [6.45, 7) is 2.65. The molecule has 0 amide bonds. The molecule has 0 aliphatic carbocycles. The lowest BCUT2D eigenvalue weighted by Crippen LogP contribution is -2.31. The maximum Gasteiger partial charge on any atom is 0.257 e. The number of pyridine rings is 1. The minimum atomic E-state index is -0.186. The number of nitrogens with zero attached hydrogens (tertiary/aromatic N) is 1. The molecule has 5 nitrogen and oxygen atoms in total. The Labute approximate surface area is 138 Å². The van der Waals surface area contributed by atoms with Crippen LogP contribution in [0.25, 0.3) is 21.7 Å². The van der Waals surface area contributed by atoms with Crippen molar-refractivity contribution < 1.29 is 0 Å². The minimum absolute atomic E-state index is 0.186. The number of hydrogen-bond acceptors (Lipinski definition) is 3. The van der Waals surface area contributed by atoms with Gasteiger partial charge in [-0.3, -0.25) is 10.2 Å². The van der Waals surface area contributed by atoms with Gasteiger partial charge in [0.1, 0.15) is 0 Å². The van der Waals surface area contributed by atoms with Crippen molar-refractivity contribution in [3.63, 3.8) is 0 Å². The molecule has 3 aromatic rings. The zero-order valence-electron chi connectivity index (χ0n) is 12.6. The maximum atomic E-state index is 12.3. The molecular weight excluding hydrogens is 308 g/mol. The predicted molar refractivity (Wildman–Crippen MR) is 99.1 cm³/mol. The molecule has 0 saturated carbocycles. The molecule has 0 saturated heterocycles. The van der Waals surface area contributed by atoms with E-state index in [2.05, 4.69) is 20.8 Å². The van der Waals surface area contributed by atoms with Crippen LogP contribution in [0.15, 0.2) is 52.4 Å². The van der Waals surface area contributed by atoms with Crippen LogP contribution in [0.1, 0.15) is 12.5 Å². The first kappa shape index (κ1) is 15.2. The van der Waals surface area contributed by atoms with E-state index in [-0.39, 0.29) is 5.56 Å². The number of rotatable bonds is 3. The molecule has 0 atom stereocenters. The number of aromatic nitrogens is 1. The molecule has 3 N–H and O–H groups in total. The van der Waals surface area contributed by atoms with Gasteiger partial charge in [0, 0.05) is 11.9 Å². The second kappa shape index (κ2) is 6.58. The van der Waals surface area contributed by atoms with E-state index in [1.54, 1.807) is 0 Å². The maximum absolute atomic E-state index is 12.3. The van der Waals surface area contributed by atoms with E-state index in [0.29, 0.717) is 17.2 Å². The molecule has 0 radical (unpaired) electrons. The largest absolute Gasteiger partial charge is 0.362 e. The standard InChI is InChI=1S/C17H16N4OS/c1-2-18-17(23)21-19-10-13-9-12-8-7-11-5-3-4-6-14(11)15(12)20-16(13)22/h3-10H,2H2,1H3,(H,20,22)(H2,18,21,23)/b19-10+. The lowest BCUT2D eigenvalue weighted by atomic mass is 10.1. The molecule has 23 heavy (non-hydrogen) atoms. The summed E-state index contributed by atoms with van der Waals surface area (Å²) >= 11 is 5.01. The summed E-state index contributed by atoms with van der Waals surface area (Å²) in [7, 11) is 0. The summed E-state index contributed by atoms with van der Waals surface area (Å²) in [5, 5.41) is 10.4. The number of benzene rings is 2. The Kier molecular flexibility index (Phi) is 4.34. The Hall–Kier alpha value is -2.73. The number of aromatic amines is 1. The fourth-order valence-electron chi connectivity index (χ4n) is 2.42. The van der Waals surface area contributed by atoms with Crippen molar-refractivity contribution in [2.24, 2.45) is 5.10 Å². The third-order valence-corrected chi connectivity index (χ3v) is 3.72. The molecule has 0 aliphatic rings. The van der Waals surface area contributed by atoms with Gasteiger partial charge in [0.2, 0.25) is 0 Å². The second-order valence-corrected chi connectivity index (χ2v) is 5.44. The lowest BCUT2D eigenvalue weighted by molar-refractivity contribution is 0.904. The van der Waals surface area contributed by atoms with Gasteiger partial charge in [0.25, 0.3) is 5.56 Å². The lowest BCUT2D eigenvalue weighted by Gasteiger charge is -2.05. The number of thiocarbonyl (C=S) groups is 1. The molecule has 0 fully saturated rings. The zero-order valence-corrected chi connectivity index (χ0v) is 13.4. The Morgan fingerprint density at radius 3 is 2.87 bits per heavy atom. The van der Waals surface area contributed by atoms with Crippen LogP contribution < -0.4 is 16.3 Å². The summed E-state index contributed by atoms with van der Waals surface area (Å²) < 4.78 is 0. The van der Waals surface area contributed by atoms with Gasteiger partial charge in [0.15, 0.2) is 5.11 Å². The fourth-order valence-corrected chi connectivity index (χ4v) is 2.62. The normalized spacial score (nSPS) is 11.2. The van der Waals surface area contributed by atoms with Crippen LogP contribution in [0.5, 0.6) is 0 Å². The van der Waals surface area contributed by atoms with Gasteiger partial charge in [-0.15, -0.1) is 0 Å². The van der Waals surface area contributed by atoms with Crippen molar-refractivity contribution >= 4 is 45.2 Å². The molecule has 1 aromatic heterocycles. The average molecular weight is 324 g/mol. The van der Waals surface area contributed by atoms with E-state index in [9.17, 15) is 4.79 Å². The Balaban J connectivity index is 1.99. The molecule has 6 heteroatoms. The Bertz CT molecular complexity index is 962. The minimum Gasteiger partial charge on any atom is -0.362 e. The highest BCUT2D eigenvalue weighted by Crippen LogP contribution is 2.22. The molecule has 0 aliphatic heterocycles. The van der Waals surface area contributed by atoms with Crippen molar-refractivity contribution in [3.8, 4) is 0 Å². The predicted octanol–water partition coefficient (Wildman–Crippen LogP) is 2.50. The van der Waals surface area contributed by atoms with Crippen LogP contribution in [-0.4, -0.2) is 22.9 Å².